The Balaban J connectivity index is 1.65. The molecule has 0 atom stereocenters. The lowest BCUT2D eigenvalue weighted by Crippen LogP contribution is -2.14. The van der Waals surface area contributed by atoms with Crippen LogP contribution in [0.1, 0.15) is 23.2 Å². The summed E-state index contributed by atoms with van der Waals surface area (Å²) in [7, 11) is 0. The topological polar surface area (TPSA) is 52.6 Å². The molecule has 0 aliphatic heterocycles. The quantitative estimate of drug-likeness (QED) is 0.389. The zero-order valence-electron chi connectivity index (χ0n) is 12.8. The average molecular weight is 367 g/mol. The summed E-state index contributed by atoms with van der Waals surface area (Å²) in [6.45, 7) is 0.0514. The third kappa shape index (κ3) is 5.87. The van der Waals surface area contributed by atoms with E-state index in [-0.39, 0.29) is 18.8 Å². The highest BCUT2D eigenvalue weighted by atomic mass is 35.5. The molecule has 24 heavy (non-hydrogen) atoms. The number of ketones is 1. The smallest absolute Gasteiger partial charge is 0.306 e. The number of hydrogen-bond donors (Lipinski definition) is 0. The first kappa shape index (κ1) is 18.3. The van der Waals surface area contributed by atoms with Crippen LogP contribution in [0.25, 0.3) is 0 Å². The Morgan fingerprint density at radius 3 is 2.46 bits per heavy atom. The van der Waals surface area contributed by atoms with Crippen LogP contribution in [0, 0.1) is 0 Å². The molecular weight excluding hydrogens is 351 g/mol. The summed E-state index contributed by atoms with van der Waals surface area (Å²) < 4.78 is 10.4. The van der Waals surface area contributed by atoms with Crippen LogP contribution in [0.15, 0.2) is 48.5 Å². The van der Waals surface area contributed by atoms with Gasteiger partial charge in [-0.05, 0) is 24.6 Å². The molecule has 0 unspecified atom stereocenters. The summed E-state index contributed by atoms with van der Waals surface area (Å²) in [4.78, 5) is 23.4. The van der Waals surface area contributed by atoms with Crippen molar-refractivity contribution in [3.8, 4) is 5.75 Å². The van der Waals surface area contributed by atoms with Gasteiger partial charge in [0.2, 0.25) is 0 Å². The predicted octanol–water partition coefficient (Wildman–Crippen LogP) is 4.58. The summed E-state index contributed by atoms with van der Waals surface area (Å²) in [6, 6.07) is 13.6. The highest BCUT2D eigenvalue weighted by Gasteiger charge is 2.10. The Morgan fingerprint density at radius 2 is 1.75 bits per heavy atom. The molecule has 0 saturated heterocycles. The first-order valence-electron chi connectivity index (χ1n) is 7.38. The lowest BCUT2D eigenvalue weighted by atomic mass is 10.1. The van der Waals surface area contributed by atoms with E-state index in [9.17, 15) is 9.59 Å². The van der Waals surface area contributed by atoms with Crippen LogP contribution in [0.3, 0.4) is 0 Å². The van der Waals surface area contributed by atoms with Crippen LogP contribution in [0.2, 0.25) is 10.0 Å². The van der Waals surface area contributed by atoms with Crippen molar-refractivity contribution < 1.29 is 19.1 Å². The van der Waals surface area contributed by atoms with Gasteiger partial charge in [-0.1, -0.05) is 53.5 Å². The van der Waals surface area contributed by atoms with Gasteiger partial charge in [-0.15, -0.1) is 0 Å². The number of benzene rings is 2. The third-order valence-corrected chi connectivity index (χ3v) is 3.67. The molecule has 0 heterocycles. The van der Waals surface area contributed by atoms with E-state index in [1.165, 1.54) is 0 Å². The number of halogens is 2. The van der Waals surface area contributed by atoms with Crippen molar-refractivity contribution in [2.45, 2.75) is 12.8 Å². The fourth-order valence-electron chi connectivity index (χ4n) is 1.92. The first-order valence-corrected chi connectivity index (χ1v) is 8.13. The molecule has 126 valence electrons. The summed E-state index contributed by atoms with van der Waals surface area (Å²) in [5.41, 5.74) is 0.519. The molecule has 0 aromatic heterocycles. The molecule has 0 amide bonds. The molecule has 4 nitrogen and oxygen atoms in total. The van der Waals surface area contributed by atoms with Gasteiger partial charge in [0.05, 0.1) is 11.6 Å². The number of rotatable bonds is 8. The van der Waals surface area contributed by atoms with E-state index in [0.29, 0.717) is 34.4 Å². The molecule has 2 rings (SSSR count). The van der Waals surface area contributed by atoms with Crippen molar-refractivity contribution in [2.75, 3.05) is 13.2 Å². The minimum Gasteiger partial charge on any atom is -0.492 e. The Morgan fingerprint density at radius 1 is 1.00 bits per heavy atom. The second-order valence-electron chi connectivity index (χ2n) is 4.98. The minimum absolute atomic E-state index is 0.160. The van der Waals surface area contributed by atoms with E-state index >= 15 is 0 Å². The number of ether oxygens (including phenoxy) is 2. The van der Waals surface area contributed by atoms with Gasteiger partial charge < -0.3 is 9.47 Å². The van der Waals surface area contributed by atoms with Crippen LogP contribution in [-0.4, -0.2) is 25.0 Å². The molecule has 0 aliphatic rings. The fourth-order valence-corrected chi connectivity index (χ4v) is 2.38. The Kier molecular flexibility index (Phi) is 7.09. The van der Waals surface area contributed by atoms with Crippen molar-refractivity contribution in [1.82, 2.24) is 0 Å². The number of Topliss-reactive ketones (excluding diaryl/α,β-unsaturated/α-hetero) is 1. The van der Waals surface area contributed by atoms with Crippen LogP contribution in [-0.2, 0) is 9.53 Å². The van der Waals surface area contributed by atoms with Gasteiger partial charge in [0.15, 0.2) is 12.4 Å². The van der Waals surface area contributed by atoms with Crippen molar-refractivity contribution >= 4 is 35.0 Å². The van der Waals surface area contributed by atoms with E-state index in [2.05, 4.69) is 0 Å². The average Bonchev–Trinajstić information content (AvgIpc) is 2.59. The standard InChI is InChI=1S/C18H16Cl2O4/c19-14-8-9-17(15(20)11-14)23-10-4-7-18(22)24-12-16(21)13-5-2-1-3-6-13/h1-3,5-6,8-9,11H,4,7,10,12H2. The van der Waals surface area contributed by atoms with Gasteiger partial charge in [-0.3, -0.25) is 9.59 Å². The van der Waals surface area contributed by atoms with Gasteiger partial charge in [-0.2, -0.15) is 0 Å². The van der Waals surface area contributed by atoms with Gasteiger partial charge >= 0.3 is 5.97 Å². The molecule has 6 heteroatoms. The van der Waals surface area contributed by atoms with E-state index in [1.807, 2.05) is 6.07 Å². The highest BCUT2D eigenvalue weighted by Crippen LogP contribution is 2.27. The fraction of sp³-hybridized carbons (Fsp3) is 0.222. The summed E-state index contributed by atoms with van der Waals surface area (Å²) >= 11 is 11.8. The molecule has 0 bridgehead atoms. The molecule has 0 fully saturated rings. The molecule has 2 aromatic rings. The third-order valence-electron chi connectivity index (χ3n) is 3.14. The second-order valence-corrected chi connectivity index (χ2v) is 5.82. The minimum atomic E-state index is -0.440. The van der Waals surface area contributed by atoms with Crippen LogP contribution in [0.4, 0.5) is 0 Å². The number of carbonyl (C=O) groups is 2. The number of carbonyl (C=O) groups excluding carboxylic acids is 2. The Bertz CT molecular complexity index is 701. The number of esters is 1. The predicted molar refractivity (Wildman–Crippen MR) is 92.9 cm³/mol. The van der Waals surface area contributed by atoms with E-state index in [4.69, 9.17) is 32.7 Å². The molecule has 2 aromatic carbocycles. The maximum Gasteiger partial charge on any atom is 0.306 e. The summed E-state index contributed by atoms with van der Waals surface area (Å²) in [6.07, 6.45) is 0.616. The van der Waals surface area contributed by atoms with Crippen molar-refractivity contribution in [3.63, 3.8) is 0 Å². The molecule has 0 N–H and O–H groups in total. The van der Waals surface area contributed by atoms with Crippen LogP contribution in [0.5, 0.6) is 5.75 Å². The van der Waals surface area contributed by atoms with Gasteiger partial charge in [0.25, 0.3) is 0 Å². The first-order chi connectivity index (χ1) is 11.6. The molecular formula is C18H16Cl2O4. The maximum atomic E-state index is 11.8. The van der Waals surface area contributed by atoms with Crippen molar-refractivity contribution in [1.29, 1.82) is 0 Å². The van der Waals surface area contributed by atoms with E-state index < -0.39 is 5.97 Å². The second kappa shape index (κ2) is 9.30. The largest absolute Gasteiger partial charge is 0.492 e. The molecule has 0 radical (unpaired) electrons. The number of hydrogen-bond acceptors (Lipinski definition) is 4. The van der Waals surface area contributed by atoms with E-state index in [1.54, 1.807) is 42.5 Å². The zero-order valence-corrected chi connectivity index (χ0v) is 14.3. The summed E-state index contributed by atoms with van der Waals surface area (Å²) in [5, 5.41) is 0.942. The Labute approximate surface area is 150 Å². The van der Waals surface area contributed by atoms with Crippen molar-refractivity contribution in [2.24, 2.45) is 0 Å². The van der Waals surface area contributed by atoms with E-state index in [0.717, 1.165) is 0 Å². The lowest BCUT2D eigenvalue weighted by molar-refractivity contribution is -0.142. The SMILES string of the molecule is O=C(CCCOc1ccc(Cl)cc1Cl)OCC(=O)c1ccccc1. The van der Waals surface area contributed by atoms with Crippen LogP contribution < -0.4 is 4.74 Å². The summed E-state index contributed by atoms with van der Waals surface area (Å²) in [5.74, 6) is -0.160. The maximum absolute atomic E-state index is 11.8. The monoisotopic (exact) mass is 366 g/mol. The molecule has 0 saturated carbocycles. The van der Waals surface area contributed by atoms with Crippen molar-refractivity contribution in [3.05, 3.63) is 64.1 Å². The lowest BCUT2D eigenvalue weighted by Gasteiger charge is -2.08. The van der Waals surface area contributed by atoms with Gasteiger partial charge in [-0.25, -0.2) is 0 Å². The zero-order chi connectivity index (χ0) is 17.4. The normalized spacial score (nSPS) is 10.2. The molecule has 0 aliphatic carbocycles. The highest BCUT2D eigenvalue weighted by molar-refractivity contribution is 6.35. The van der Waals surface area contributed by atoms with Crippen LogP contribution >= 0.6 is 23.2 Å². The molecule has 0 spiro atoms. The van der Waals surface area contributed by atoms with Gasteiger partial charge in [0, 0.05) is 17.0 Å². The van der Waals surface area contributed by atoms with Gasteiger partial charge in [0.1, 0.15) is 5.75 Å². The Hall–Kier alpha value is -2.04.